The summed E-state index contributed by atoms with van der Waals surface area (Å²) in [7, 11) is 0. The maximum Gasteiger partial charge on any atom is 0.311 e. The Kier molecular flexibility index (Phi) is 8.20. The number of Topliss-reactive ketones (excluding diaryl/α,β-unsaturated/α-hetero) is 1. The number of aryl methyl sites for hydroxylation is 1. The van der Waals surface area contributed by atoms with Crippen molar-refractivity contribution in [2.75, 3.05) is 18.1 Å². The zero-order valence-corrected chi connectivity index (χ0v) is 22.3. The number of carbonyl (C=O) groups excluding carboxylic acids is 3. The van der Waals surface area contributed by atoms with E-state index in [0.29, 0.717) is 22.4 Å². The molecule has 0 N–H and O–H groups in total. The molecule has 1 aliphatic heterocycles. The van der Waals surface area contributed by atoms with E-state index in [0.717, 1.165) is 16.9 Å². The lowest BCUT2D eigenvalue weighted by Crippen LogP contribution is -2.27. The minimum Gasteiger partial charge on any atom is -0.457 e. The molecule has 0 bridgehead atoms. The average Bonchev–Trinajstić information content (AvgIpc) is 3.24. The van der Waals surface area contributed by atoms with Gasteiger partial charge in [-0.15, -0.1) is 0 Å². The van der Waals surface area contributed by atoms with Crippen LogP contribution in [-0.4, -0.2) is 30.8 Å². The van der Waals surface area contributed by atoms with Crippen molar-refractivity contribution < 1.29 is 23.9 Å². The number of amides is 1. The van der Waals surface area contributed by atoms with Crippen LogP contribution >= 0.6 is 23.2 Å². The van der Waals surface area contributed by atoms with Crippen molar-refractivity contribution in [2.24, 2.45) is 5.92 Å². The van der Waals surface area contributed by atoms with Crippen LogP contribution in [0.25, 0.3) is 0 Å². The number of ketones is 1. The fraction of sp³-hybridized carbons (Fsp3) is 0.276. The molecule has 3 aromatic carbocycles. The van der Waals surface area contributed by atoms with Gasteiger partial charge < -0.3 is 14.4 Å². The van der Waals surface area contributed by atoms with Crippen molar-refractivity contribution in [1.82, 2.24) is 0 Å². The Morgan fingerprint density at radius 3 is 2.43 bits per heavy atom. The van der Waals surface area contributed by atoms with Gasteiger partial charge in [0.25, 0.3) is 0 Å². The van der Waals surface area contributed by atoms with E-state index in [4.69, 9.17) is 32.7 Å². The lowest BCUT2D eigenvalue weighted by molar-refractivity contribution is -0.147. The highest BCUT2D eigenvalue weighted by Gasteiger charge is 2.36. The predicted molar refractivity (Wildman–Crippen MR) is 144 cm³/mol. The monoisotopic (exact) mass is 539 g/mol. The molecule has 0 unspecified atom stereocenters. The Hall–Kier alpha value is -3.35. The number of hydrogen-bond acceptors (Lipinski definition) is 5. The summed E-state index contributed by atoms with van der Waals surface area (Å²) in [5.41, 5.74) is 3.10. The molecule has 6 nitrogen and oxygen atoms in total. The molecular formula is C29H27Cl2NO5. The fourth-order valence-electron chi connectivity index (χ4n) is 4.19. The molecule has 0 saturated carbocycles. The SMILES string of the molecule is Cc1ccc(C(C)C)c(Oc2ccc(N3C[C@H](C(=O)OCC(=O)c4ccc(Cl)cc4Cl)CC3=O)cc2)c1. The van der Waals surface area contributed by atoms with Gasteiger partial charge in [-0.1, -0.05) is 49.2 Å². The average molecular weight is 540 g/mol. The van der Waals surface area contributed by atoms with Gasteiger partial charge in [0, 0.05) is 29.2 Å². The van der Waals surface area contributed by atoms with Crippen LogP contribution in [0.5, 0.6) is 11.5 Å². The van der Waals surface area contributed by atoms with Crippen LogP contribution in [-0.2, 0) is 14.3 Å². The molecular weight excluding hydrogens is 513 g/mol. The first kappa shape index (κ1) is 26.7. The molecule has 1 heterocycles. The van der Waals surface area contributed by atoms with Gasteiger partial charge in [0.15, 0.2) is 6.61 Å². The quantitative estimate of drug-likeness (QED) is 0.227. The van der Waals surface area contributed by atoms with Crippen LogP contribution in [0.2, 0.25) is 10.0 Å². The normalized spacial score (nSPS) is 15.2. The van der Waals surface area contributed by atoms with E-state index in [1.54, 1.807) is 29.2 Å². The fourth-order valence-corrected chi connectivity index (χ4v) is 4.70. The molecule has 0 spiro atoms. The maximum atomic E-state index is 12.6. The third-order valence-corrected chi connectivity index (χ3v) is 6.75. The second-order valence-corrected chi connectivity index (χ2v) is 10.2. The second-order valence-electron chi connectivity index (χ2n) is 9.35. The van der Waals surface area contributed by atoms with Gasteiger partial charge in [-0.05, 0) is 72.5 Å². The summed E-state index contributed by atoms with van der Waals surface area (Å²) >= 11 is 11.9. The smallest absolute Gasteiger partial charge is 0.311 e. The van der Waals surface area contributed by atoms with E-state index in [2.05, 4.69) is 26.0 Å². The summed E-state index contributed by atoms with van der Waals surface area (Å²) in [5, 5.41) is 0.587. The second kappa shape index (κ2) is 11.4. The summed E-state index contributed by atoms with van der Waals surface area (Å²) in [6.45, 7) is 5.95. The topological polar surface area (TPSA) is 72.9 Å². The number of rotatable bonds is 8. The van der Waals surface area contributed by atoms with Crippen molar-refractivity contribution in [1.29, 1.82) is 0 Å². The van der Waals surface area contributed by atoms with Crippen LogP contribution in [0.3, 0.4) is 0 Å². The van der Waals surface area contributed by atoms with Crippen molar-refractivity contribution in [3.63, 3.8) is 0 Å². The van der Waals surface area contributed by atoms with E-state index < -0.39 is 24.3 Å². The molecule has 1 amide bonds. The summed E-state index contributed by atoms with van der Waals surface area (Å²) in [5.74, 6) is -0.139. The van der Waals surface area contributed by atoms with E-state index in [1.807, 2.05) is 13.0 Å². The molecule has 1 aliphatic rings. The van der Waals surface area contributed by atoms with Crippen LogP contribution in [0.4, 0.5) is 5.69 Å². The molecule has 4 rings (SSSR count). The largest absolute Gasteiger partial charge is 0.457 e. The third-order valence-electron chi connectivity index (χ3n) is 6.20. The van der Waals surface area contributed by atoms with Crippen LogP contribution in [0.1, 0.15) is 47.7 Å². The molecule has 3 aromatic rings. The van der Waals surface area contributed by atoms with Crippen molar-refractivity contribution in [2.45, 2.75) is 33.1 Å². The van der Waals surface area contributed by atoms with Gasteiger partial charge >= 0.3 is 5.97 Å². The van der Waals surface area contributed by atoms with Gasteiger partial charge in [-0.25, -0.2) is 0 Å². The van der Waals surface area contributed by atoms with Gasteiger partial charge in [0.2, 0.25) is 11.7 Å². The number of halogens is 2. The number of hydrogen-bond donors (Lipinski definition) is 0. The van der Waals surface area contributed by atoms with Gasteiger partial charge in [0.05, 0.1) is 10.9 Å². The first-order valence-electron chi connectivity index (χ1n) is 12.0. The Balaban J connectivity index is 1.37. The van der Waals surface area contributed by atoms with Gasteiger partial charge in [-0.3, -0.25) is 14.4 Å². The van der Waals surface area contributed by atoms with Gasteiger partial charge in [0.1, 0.15) is 11.5 Å². The van der Waals surface area contributed by atoms with Crippen LogP contribution in [0, 0.1) is 12.8 Å². The molecule has 1 atom stereocenters. The molecule has 0 radical (unpaired) electrons. The standard InChI is InChI=1S/C29H27Cl2NO5/c1-17(2)23-10-4-18(3)12-27(23)37-22-8-6-21(7-9-22)32-15-19(13-28(32)34)29(35)36-16-26(33)24-11-5-20(30)14-25(24)31/h4-12,14,17,19H,13,15-16H2,1-3H3/t19-/m1/s1. The van der Waals surface area contributed by atoms with E-state index in [1.165, 1.54) is 18.2 Å². The molecule has 37 heavy (non-hydrogen) atoms. The lowest BCUT2D eigenvalue weighted by atomic mass is 10.0. The third kappa shape index (κ3) is 6.32. The first-order chi connectivity index (χ1) is 17.6. The van der Waals surface area contributed by atoms with Crippen LogP contribution < -0.4 is 9.64 Å². The van der Waals surface area contributed by atoms with Crippen molar-refractivity contribution in [3.8, 4) is 11.5 Å². The summed E-state index contributed by atoms with van der Waals surface area (Å²) in [6.07, 6.45) is 0.00795. The Morgan fingerprint density at radius 2 is 1.76 bits per heavy atom. The Morgan fingerprint density at radius 1 is 1.03 bits per heavy atom. The summed E-state index contributed by atoms with van der Waals surface area (Å²) < 4.78 is 11.3. The molecule has 1 fully saturated rings. The number of carbonyl (C=O) groups is 3. The predicted octanol–water partition coefficient (Wildman–Crippen LogP) is 7.00. The number of ether oxygens (including phenoxy) is 2. The highest BCUT2D eigenvalue weighted by Crippen LogP contribution is 2.33. The first-order valence-corrected chi connectivity index (χ1v) is 12.7. The highest BCUT2D eigenvalue weighted by molar-refractivity contribution is 6.36. The molecule has 192 valence electrons. The number of nitrogens with zero attached hydrogens (tertiary/aromatic N) is 1. The number of esters is 1. The van der Waals surface area contributed by atoms with E-state index in [9.17, 15) is 14.4 Å². The van der Waals surface area contributed by atoms with Gasteiger partial charge in [-0.2, -0.15) is 0 Å². The van der Waals surface area contributed by atoms with E-state index >= 15 is 0 Å². The zero-order chi connectivity index (χ0) is 26.7. The maximum absolute atomic E-state index is 12.6. The van der Waals surface area contributed by atoms with Crippen LogP contribution in [0.15, 0.2) is 60.7 Å². The highest BCUT2D eigenvalue weighted by atomic mass is 35.5. The number of anilines is 1. The summed E-state index contributed by atoms with van der Waals surface area (Å²) in [6, 6.07) is 17.8. The lowest BCUT2D eigenvalue weighted by Gasteiger charge is -2.18. The summed E-state index contributed by atoms with van der Waals surface area (Å²) in [4.78, 5) is 39.2. The minimum absolute atomic E-state index is 0.00795. The Labute approximate surface area is 226 Å². The van der Waals surface area contributed by atoms with Crippen molar-refractivity contribution >= 4 is 46.5 Å². The molecule has 8 heteroatoms. The zero-order valence-electron chi connectivity index (χ0n) is 20.8. The molecule has 0 aliphatic carbocycles. The van der Waals surface area contributed by atoms with Crippen molar-refractivity contribution in [3.05, 3.63) is 87.4 Å². The minimum atomic E-state index is -0.669. The number of benzene rings is 3. The molecule has 1 saturated heterocycles. The molecule has 0 aromatic heterocycles. The Bertz CT molecular complexity index is 1340. The van der Waals surface area contributed by atoms with E-state index in [-0.39, 0.29) is 29.5 Å².